The van der Waals surface area contributed by atoms with E-state index in [-0.39, 0.29) is 32.3 Å². The molecule has 0 bridgehead atoms. The van der Waals surface area contributed by atoms with E-state index in [1.807, 2.05) is 0 Å². The number of carbonyl (C=O) groups excluding carboxylic acids is 1. The minimum Gasteiger partial charge on any atom is -0.288 e. The van der Waals surface area contributed by atoms with Crippen LogP contribution in [0.2, 0.25) is 0 Å². The molecule has 0 heterocycles. The number of rotatable bonds is 8. The van der Waals surface area contributed by atoms with Crippen LogP contribution < -0.4 is 9.44 Å². The summed E-state index contributed by atoms with van der Waals surface area (Å²) in [6, 6.07) is 27.9. The van der Waals surface area contributed by atoms with Crippen LogP contribution >= 0.6 is 0 Å². The molecule has 4 aromatic carbocycles. The molecule has 0 aliphatic carbocycles. The van der Waals surface area contributed by atoms with E-state index in [0.717, 1.165) is 0 Å². The first-order valence-electron chi connectivity index (χ1n) is 10.2. The third-order valence-corrected chi connectivity index (χ3v) is 7.70. The molecule has 0 radical (unpaired) electrons. The van der Waals surface area contributed by atoms with Crippen molar-refractivity contribution in [2.24, 2.45) is 0 Å². The topological polar surface area (TPSA) is 109 Å². The maximum atomic E-state index is 13.5. The molecule has 0 aromatic heterocycles. The van der Waals surface area contributed by atoms with Crippen molar-refractivity contribution in [1.82, 2.24) is 0 Å². The number of benzene rings is 4. The maximum Gasteiger partial charge on any atom is 0.261 e. The van der Waals surface area contributed by atoms with Gasteiger partial charge in [0.2, 0.25) is 0 Å². The lowest BCUT2D eigenvalue weighted by Gasteiger charge is -2.15. The van der Waals surface area contributed by atoms with Crippen molar-refractivity contribution >= 4 is 37.2 Å². The lowest BCUT2D eigenvalue weighted by atomic mass is 10.0. The normalized spacial score (nSPS) is 11.5. The highest BCUT2D eigenvalue weighted by Gasteiger charge is 2.23. The lowest BCUT2D eigenvalue weighted by Crippen LogP contribution is -2.18. The van der Waals surface area contributed by atoms with Crippen LogP contribution in [0.25, 0.3) is 0 Å². The lowest BCUT2D eigenvalue weighted by molar-refractivity contribution is 0.104. The predicted octanol–water partition coefficient (Wildman–Crippen LogP) is 4.52. The van der Waals surface area contributed by atoms with E-state index < -0.39 is 25.8 Å². The van der Waals surface area contributed by atoms with Crippen LogP contribution in [0.15, 0.2) is 119 Å². The van der Waals surface area contributed by atoms with Gasteiger partial charge in [0.05, 0.1) is 21.2 Å². The Morgan fingerprint density at radius 2 is 0.794 bits per heavy atom. The number of sulfonamides is 2. The van der Waals surface area contributed by atoms with Crippen LogP contribution in [0.1, 0.15) is 15.9 Å². The summed E-state index contributed by atoms with van der Waals surface area (Å²) in [5.74, 6) is -0.544. The third kappa shape index (κ3) is 5.00. The first-order valence-corrected chi connectivity index (χ1v) is 13.1. The minimum atomic E-state index is -3.94. The molecule has 0 spiro atoms. The molecule has 0 saturated carbocycles. The second kappa shape index (κ2) is 9.50. The van der Waals surface area contributed by atoms with Crippen molar-refractivity contribution < 1.29 is 21.6 Å². The van der Waals surface area contributed by atoms with Crippen molar-refractivity contribution in [1.29, 1.82) is 0 Å². The van der Waals surface area contributed by atoms with E-state index in [2.05, 4.69) is 9.44 Å². The number of hydrogen-bond acceptors (Lipinski definition) is 5. The Hall–Kier alpha value is -3.95. The van der Waals surface area contributed by atoms with Crippen molar-refractivity contribution in [3.8, 4) is 0 Å². The van der Waals surface area contributed by atoms with Gasteiger partial charge < -0.3 is 0 Å². The molecule has 7 nitrogen and oxygen atoms in total. The Morgan fingerprint density at radius 3 is 1.18 bits per heavy atom. The zero-order valence-electron chi connectivity index (χ0n) is 17.8. The molecule has 4 rings (SSSR count). The standard InChI is InChI=1S/C25H20N2O5S2/c28-25(21-15-7-9-17-23(21)26-33(29,30)19-11-3-1-4-12-19)22-16-8-10-18-24(22)27-34(31,32)20-13-5-2-6-14-20/h1-18,26-27H. The van der Waals surface area contributed by atoms with Gasteiger partial charge in [-0.2, -0.15) is 0 Å². The smallest absolute Gasteiger partial charge is 0.261 e. The van der Waals surface area contributed by atoms with Crippen molar-refractivity contribution in [2.75, 3.05) is 9.44 Å². The predicted molar refractivity (Wildman–Crippen MR) is 131 cm³/mol. The van der Waals surface area contributed by atoms with E-state index in [0.29, 0.717) is 0 Å². The number of ketones is 1. The molecule has 0 amide bonds. The van der Waals surface area contributed by atoms with E-state index in [1.165, 1.54) is 48.5 Å². The fourth-order valence-corrected chi connectivity index (χ4v) is 5.49. The van der Waals surface area contributed by atoms with Crippen molar-refractivity contribution in [2.45, 2.75) is 9.79 Å². The zero-order chi connectivity index (χ0) is 24.2. The molecule has 0 aliphatic heterocycles. The summed E-state index contributed by atoms with van der Waals surface area (Å²) in [5.41, 5.74) is 0.316. The monoisotopic (exact) mass is 492 g/mol. The maximum absolute atomic E-state index is 13.5. The van der Waals surface area contributed by atoms with Crippen LogP contribution in [0, 0.1) is 0 Å². The molecule has 34 heavy (non-hydrogen) atoms. The minimum absolute atomic E-state index is 0.0493. The molecule has 0 aliphatic rings. The van der Waals surface area contributed by atoms with Gasteiger partial charge in [-0.1, -0.05) is 60.7 Å². The fourth-order valence-electron chi connectivity index (χ4n) is 3.29. The molecule has 172 valence electrons. The van der Waals surface area contributed by atoms with Crippen LogP contribution in [0.4, 0.5) is 11.4 Å². The van der Waals surface area contributed by atoms with Gasteiger partial charge in [-0.15, -0.1) is 0 Å². The summed E-state index contributed by atoms with van der Waals surface area (Å²) >= 11 is 0. The number of para-hydroxylation sites is 2. The van der Waals surface area contributed by atoms with Gasteiger partial charge in [-0.05, 0) is 48.5 Å². The molecule has 9 heteroatoms. The van der Waals surface area contributed by atoms with Crippen LogP contribution in [-0.2, 0) is 20.0 Å². The molecule has 0 saturated heterocycles. The first-order chi connectivity index (χ1) is 16.3. The largest absolute Gasteiger partial charge is 0.288 e. The summed E-state index contributed by atoms with van der Waals surface area (Å²) < 4.78 is 56.2. The number of hydrogen-bond donors (Lipinski definition) is 2. The van der Waals surface area contributed by atoms with E-state index in [1.54, 1.807) is 60.7 Å². The van der Waals surface area contributed by atoms with Crippen LogP contribution in [0.5, 0.6) is 0 Å². The summed E-state index contributed by atoms with van der Waals surface area (Å²) in [7, 11) is -7.88. The third-order valence-electron chi connectivity index (χ3n) is 4.94. The second-order valence-electron chi connectivity index (χ2n) is 7.26. The average molecular weight is 493 g/mol. The molecule has 2 N–H and O–H groups in total. The van der Waals surface area contributed by atoms with Crippen molar-refractivity contribution in [3.05, 3.63) is 120 Å². The van der Waals surface area contributed by atoms with E-state index in [4.69, 9.17) is 0 Å². The van der Waals surface area contributed by atoms with Gasteiger partial charge in [0.1, 0.15) is 0 Å². The molecular weight excluding hydrogens is 472 g/mol. The van der Waals surface area contributed by atoms with Gasteiger partial charge >= 0.3 is 0 Å². The van der Waals surface area contributed by atoms with Gasteiger partial charge in [0.25, 0.3) is 20.0 Å². The summed E-state index contributed by atoms with van der Waals surface area (Å²) in [6.07, 6.45) is 0. The number of carbonyl (C=O) groups is 1. The quantitative estimate of drug-likeness (QED) is 0.352. The van der Waals surface area contributed by atoms with E-state index in [9.17, 15) is 21.6 Å². The highest BCUT2D eigenvalue weighted by Crippen LogP contribution is 2.27. The van der Waals surface area contributed by atoms with Gasteiger partial charge in [-0.25, -0.2) is 16.8 Å². The van der Waals surface area contributed by atoms with Crippen LogP contribution in [0.3, 0.4) is 0 Å². The van der Waals surface area contributed by atoms with Crippen molar-refractivity contribution in [3.63, 3.8) is 0 Å². The zero-order valence-corrected chi connectivity index (χ0v) is 19.4. The summed E-state index contributed by atoms with van der Waals surface area (Å²) in [4.78, 5) is 13.6. The molecular formula is C25H20N2O5S2. The average Bonchev–Trinajstić information content (AvgIpc) is 2.85. The highest BCUT2D eigenvalue weighted by atomic mass is 32.2. The number of anilines is 2. The van der Waals surface area contributed by atoms with Crippen LogP contribution in [-0.4, -0.2) is 22.6 Å². The van der Waals surface area contributed by atoms with E-state index >= 15 is 0 Å². The Morgan fingerprint density at radius 1 is 0.471 bits per heavy atom. The molecule has 4 aromatic rings. The highest BCUT2D eigenvalue weighted by molar-refractivity contribution is 7.93. The Balaban J connectivity index is 1.69. The molecule has 0 atom stereocenters. The SMILES string of the molecule is O=C(c1ccccc1NS(=O)(=O)c1ccccc1)c1ccccc1NS(=O)(=O)c1ccccc1. The summed E-state index contributed by atoms with van der Waals surface area (Å²) in [6.45, 7) is 0. The fraction of sp³-hybridized carbons (Fsp3) is 0. The number of nitrogens with one attached hydrogen (secondary N) is 2. The molecule has 0 unspecified atom stereocenters. The Labute approximate surface area is 198 Å². The molecule has 0 fully saturated rings. The van der Waals surface area contributed by atoms with Gasteiger partial charge in [0.15, 0.2) is 5.78 Å². The van der Waals surface area contributed by atoms with Gasteiger partial charge in [-0.3, -0.25) is 14.2 Å². The van der Waals surface area contributed by atoms with Gasteiger partial charge in [0, 0.05) is 11.1 Å². The second-order valence-corrected chi connectivity index (χ2v) is 10.6. The summed E-state index contributed by atoms with van der Waals surface area (Å²) in [5, 5.41) is 0. The first kappa shape index (κ1) is 23.2. The Kier molecular flexibility index (Phi) is 6.49. The Bertz CT molecular complexity index is 1420.